The number of halogens is 1. The van der Waals surface area contributed by atoms with E-state index in [4.69, 9.17) is 4.74 Å². The molecule has 0 spiro atoms. The van der Waals surface area contributed by atoms with Crippen LogP contribution in [0.4, 0.5) is 0 Å². The zero-order chi connectivity index (χ0) is 15.2. The van der Waals surface area contributed by atoms with Crippen molar-refractivity contribution < 1.29 is 19.1 Å². The molecule has 0 aliphatic carbocycles. The fourth-order valence-electron chi connectivity index (χ4n) is 1.76. The fourth-order valence-corrected chi connectivity index (χ4v) is 2.20. The summed E-state index contributed by atoms with van der Waals surface area (Å²) in [6.45, 7) is 0. The molecule has 0 heterocycles. The minimum Gasteiger partial charge on any atom is -0.465 e. The summed E-state index contributed by atoms with van der Waals surface area (Å²) in [6.07, 6.45) is 0.179. The van der Waals surface area contributed by atoms with Crippen LogP contribution in [-0.4, -0.2) is 19.0 Å². The predicted octanol–water partition coefficient (Wildman–Crippen LogP) is 3.38. The highest BCUT2D eigenvalue weighted by Crippen LogP contribution is 2.15. The topological polar surface area (TPSA) is 52.6 Å². The molecule has 4 nitrogen and oxygen atoms in total. The van der Waals surface area contributed by atoms with Gasteiger partial charge in [-0.2, -0.15) is 0 Å². The molecular weight excluding hydrogens is 336 g/mol. The second kappa shape index (κ2) is 7.04. The molecular formula is C16H13BrO4. The Morgan fingerprint density at radius 1 is 1.10 bits per heavy atom. The molecule has 0 fully saturated rings. The summed E-state index contributed by atoms with van der Waals surface area (Å²) in [7, 11) is 1.31. The molecule has 0 amide bonds. The van der Waals surface area contributed by atoms with E-state index in [1.54, 1.807) is 24.3 Å². The van der Waals surface area contributed by atoms with Crippen molar-refractivity contribution >= 4 is 27.9 Å². The number of methoxy groups -OCH3 is 1. The Kier molecular flexibility index (Phi) is 5.11. The van der Waals surface area contributed by atoms with Gasteiger partial charge in [-0.25, -0.2) is 4.79 Å². The Morgan fingerprint density at radius 2 is 1.81 bits per heavy atom. The van der Waals surface area contributed by atoms with Gasteiger partial charge in [-0.05, 0) is 42.0 Å². The number of ether oxygens (including phenoxy) is 2. The van der Waals surface area contributed by atoms with Crippen LogP contribution in [0.15, 0.2) is 53.0 Å². The maximum Gasteiger partial charge on any atom is 0.337 e. The average molecular weight is 349 g/mol. The van der Waals surface area contributed by atoms with Gasteiger partial charge in [-0.3, -0.25) is 4.79 Å². The van der Waals surface area contributed by atoms with Crippen LogP contribution in [0.2, 0.25) is 0 Å². The summed E-state index contributed by atoms with van der Waals surface area (Å²) in [5.74, 6) is -0.399. The van der Waals surface area contributed by atoms with Crippen LogP contribution >= 0.6 is 15.9 Å². The summed E-state index contributed by atoms with van der Waals surface area (Å²) in [5.41, 5.74) is 1.27. The normalized spacial score (nSPS) is 10.0. The lowest BCUT2D eigenvalue weighted by atomic mass is 10.1. The number of benzene rings is 2. The third kappa shape index (κ3) is 4.43. The Labute approximate surface area is 130 Å². The van der Waals surface area contributed by atoms with Crippen molar-refractivity contribution in [3.05, 3.63) is 64.1 Å². The molecule has 2 aromatic rings. The maximum atomic E-state index is 11.8. The quantitative estimate of drug-likeness (QED) is 0.627. The van der Waals surface area contributed by atoms with Crippen LogP contribution in [0, 0.1) is 0 Å². The van der Waals surface area contributed by atoms with E-state index in [0.717, 1.165) is 10.0 Å². The van der Waals surface area contributed by atoms with E-state index in [1.807, 2.05) is 24.3 Å². The number of rotatable bonds is 4. The lowest BCUT2D eigenvalue weighted by Crippen LogP contribution is -2.11. The van der Waals surface area contributed by atoms with Crippen LogP contribution in [0.25, 0.3) is 0 Å². The van der Waals surface area contributed by atoms with Gasteiger partial charge >= 0.3 is 11.9 Å². The highest BCUT2D eigenvalue weighted by atomic mass is 79.9. The van der Waals surface area contributed by atoms with E-state index in [2.05, 4.69) is 20.7 Å². The van der Waals surface area contributed by atoms with Gasteiger partial charge in [-0.15, -0.1) is 0 Å². The first kappa shape index (κ1) is 15.3. The maximum absolute atomic E-state index is 11.8. The number of esters is 2. The standard InChI is InChI=1S/C16H13BrO4/c1-20-16(19)12-5-7-14(8-6-12)21-15(18)10-11-3-2-4-13(17)9-11/h2-9H,10H2,1H3. The summed E-state index contributed by atoms with van der Waals surface area (Å²) in [6, 6.07) is 13.7. The molecule has 0 aromatic heterocycles. The van der Waals surface area contributed by atoms with Gasteiger partial charge in [0, 0.05) is 4.47 Å². The molecule has 108 valence electrons. The second-order valence-electron chi connectivity index (χ2n) is 4.30. The third-order valence-corrected chi connectivity index (χ3v) is 3.24. The van der Waals surface area contributed by atoms with E-state index in [-0.39, 0.29) is 12.4 Å². The van der Waals surface area contributed by atoms with Crippen LogP contribution < -0.4 is 4.74 Å². The Morgan fingerprint density at radius 3 is 2.43 bits per heavy atom. The second-order valence-corrected chi connectivity index (χ2v) is 5.21. The van der Waals surface area contributed by atoms with Gasteiger partial charge in [0.25, 0.3) is 0 Å². The first-order chi connectivity index (χ1) is 10.1. The van der Waals surface area contributed by atoms with Crippen molar-refractivity contribution in [1.29, 1.82) is 0 Å². The smallest absolute Gasteiger partial charge is 0.337 e. The van der Waals surface area contributed by atoms with Crippen molar-refractivity contribution in [2.45, 2.75) is 6.42 Å². The highest BCUT2D eigenvalue weighted by Gasteiger charge is 2.09. The van der Waals surface area contributed by atoms with Crippen LogP contribution in [0.1, 0.15) is 15.9 Å². The summed E-state index contributed by atoms with van der Waals surface area (Å²) >= 11 is 3.35. The summed E-state index contributed by atoms with van der Waals surface area (Å²) in [4.78, 5) is 23.1. The van der Waals surface area contributed by atoms with Crippen molar-refractivity contribution in [1.82, 2.24) is 0 Å². The SMILES string of the molecule is COC(=O)c1ccc(OC(=O)Cc2cccc(Br)c2)cc1. The molecule has 2 aromatic carbocycles. The van der Waals surface area contributed by atoms with Crippen molar-refractivity contribution in [2.24, 2.45) is 0 Å². The van der Waals surface area contributed by atoms with E-state index in [1.165, 1.54) is 7.11 Å². The van der Waals surface area contributed by atoms with Gasteiger partial charge in [-0.1, -0.05) is 28.1 Å². The average Bonchev–Trinajstić information content (AvgIpc) is 2.47. The van der Waals surface area contributed by atoms with Crippen LogP contribution in [0.3, 0.4) is 0 Å². The summed E-state index contributed by atoms with van der Waals surface area (Å²) < 4.78 is 10.7. The predicted molar refractivity (Wildman–Crippen MR) is 81.3 cm³/mol. The lowest BCUT2D eigenvalue weighted by Gasteiger charge is -2.05. The number of carbonyl (C=O) groups excluding carboxylic acids is 2. The highest BCUT2D eigenvalue weighted by molar-refractivity contribution is 9.10. The van der Waals surface area contributed by atoms with Gasteiger partial charge in [0.1, 0.15) is 5.75 Å². The fraction of sp³-hybridized carbons (Fsp3) is 0.125. The molecule has 0 aliphatic rings. The third-order valence-electron chi connectivity index (χ3n) is 2.74. The van der Waals surface area contributed by atoms with E-state index in [0.29, 0.717) is 11.3 Å². The summed E-state index contributed by atoms with van der Waals surface area (Å²) in [5, 5.41) is 0. The first-order valence-corrected chi connectivity index (χ1v) is 7.01. The molecule has 0 N–H and O–H groups in total. The minimum absolute atomic E-state index is 0.179. The zero-order valence-electron chi connectivity index (χ0n) is 11.3. The van der Waals surface area contributed by atoms with E-state index >= 15 is 0 Å². The molecule has 2 rings (SSSR count). The lowest BCUT2D eigenvalue weighted by molar-refractivity contribution is -0.133. The van der Waals surface area contributed by atoms with Crippen molar-refractivity contribution in [3.8, 4) is 5.75 Å². The monoisotopic (exact) mass is 348 g/mol. The van der Waals surface area contributed by atoms with Crippen molar-refractivity contribution in [2.75, 3.05) is 7.11 Å². The molecule has 21 heavy (non-hydrogen) atoms. The number of hydrogen-bond acceptors (Lipinski definition) is 4. The molecule has 0 aliphatic heterocycles. The molecule has 0 saturated heterocycles. The molecule has 5 heteroatoms. The number of carbonyl (C=O) groups is 2. The molecule has 0 bridgehead atoms. The van der Waals surface area contributed by atoms with Gasteiger partial charge in [0.05, 0.1) is 19.1 Å². The first-order valence-electron chi connectivity index (χ1n) is 6.22. The minimum atomic E-state index is -0.429. The van der Waals surface area contributed by atoms with Crippen molar-refractivity contribution in [3.63, 3.8) is 0 Å². The Hall–Kier alpha value is -2.14. The van der Waals surface area contributed by atoms with Gasteiger partial charge in [0.15, 0.2) is 0 Å². The van der Waals surface area contributed by atoms with Gasteiger partial charge < -0.3 is 9.47 Å². The van der Waals surface area contributed by atoms with Gasteiger partial charge in [0.2, 0.25) is 0 Å². The van der Waals surface area contributed by atoms with E-state index < -0.39 is 5.97 Å². The Balaban J connectivity index is 1.98. The van der Waals surface area contributed by atoms with Crippen LogP contribution in [0.5, 0.6) is 5.75 Å². The molecule has 0 unspecified atom stereocenters. The molecule has 0 radical (unpaired) electrons. The number of hydrogen-bond donors (Lipinski definition) is 0. The zero-order valence-corrected chi connectivity index (χ0v) is 12.9. The molecule has 0 atom stereocenters. The Bertz CT molecular complexity index is 650. The van der Waals surface area contributed by atoms with E-state index in [9.17, 15) is 9.59 Å². The largest absolute Gasteiger partial charge is 0.465 e. The molecule has 0 saturated carbocycles. The van der Waals surface area contributed by atoms with Crippen LogP contribution in [-0.2, 0) is 16.0 Å².